The molecule has 0 bridgehead atoms. The van der Waals surface area contributed by atoms with Crippen LogP contribution in [0.5, 0.6) is 0 Å². The minimum absolute atomic E-state index is 0.285. The summed E-state index contributed by atoms with van der Waals surface area (Å²) in [6, 6.07) is 6.03. The van der Waals surface area contributed by atoms with Gasteiger partial charge in [-0.2, -0.15) is 0 Å². The van der Waals surface area contributed by atoms with Crippen molar-refractivity contribution in [2.45, 2.75) is 6.92 Å². The first kappa shape index (κ1) is 11.2. The highest BCUT2D eigenvalue weighted by Crippen LogP contribution is 2.13. The van der Waals surface area contributed by atoms with Gasteiger partial charge in [0.1, 0.15) is 5.82 Å². The predicted molar refractivity (Wildman–Crippen MR) is 56.8 cm³/mol. The van der Waals surface area contributed by atoms with Crippen LogP contribution in [0.3, 0.4) is 0 Å². The van der Waals surface area contributed by atoms with Crippen molar-refractivity contribution in [1.82, 2.24) is 0 Å². The number of carboxylic acids is 1. The molecular weight excluding hydrogens is 195 g/mol. The highest BCUT2D eigenvalue weighted by Gasteiger charge is 1.94. The fraction of sp³-hybridized carbons (Fsp3) is 0.0833. The van der Waals surface area contributed by atoms with Gasteiger partial charge in [0.05, 0.1) is 0 Å². The summed E-state index contributed by atoms with van der Waals surface area (Å²) in [4.78, 5) is 10.2. The molecule has 0 aliphatic heterocycles. The minimum Gasteiger partial charge on any atom is -0.478 e. The van der Waals surface area contributed by atoms with E-state index in [0.717, 1.165) is 17.2 Å². The maximum absolute atomic E-state index is 12.6. The van der Waals surface area contributed by atoms with Crippen LogP contribution in [0.1, 0.15) is 12.5 Å². The normalized spacial score (nSPS) is 12.0. The summed E-state index contributed by atoms with van der Waals surface area (Å²) in [5.41, 5.74) is 1.75. The van der Waals surface area contributed by atoms with E-state index in [0.29, 0.717) is 0 Å². The van der Waals surface area contributed by atoms with E-state index in [2.05, 4.69) is 0 Å². The maximum Gasteiger partial charge on any atom is 0.328 e. The molecule has 0 atom stereocenters. The van der Waals surface area contributed by atoms with Crippen LogP contribution in [-0.4, -0.2) is 11.1 Å². The molecule has 78 valence electrons. The van der Waals surface area contributed by atoms with E-state index in [4.69, 9.17) is 5.11 Å². The van der Waals surface area contributed by atoms with E-state index in [1.807, 2.05) is 6.92 Å². The zero-order valence-corrected chi connectivity index (χ0v) is 8.27. The van der Waals surface area contributed by atoms with Gasteiger partial charge in [0.25, 0.3) is 0 Å². The third kappa shape index (κ3) is 3.77. The van der Waals surface area contributed by atoms with Crippen LogP contribution >= 0.6 is 0 Å². The minimum atomic E-state index is -0.988. The molecule has 0 unspecified atom stereocenters. The Labute approximate surface area is 87.4 Å². The number of carboxylic acid groups (broad SMARTS) is 1. The Morgan fingerprint density at radius 2 is 1.93 bits per heavy atom. The highest BCUT2D eigenvalue weighted by atomic mass is 19.1. The molecule has 3 heteroatoms. The lowest BCUT2D eigenvalue weighted by Gasteiger charge is -1.99. The van der Waals surface area contributed by atoms with Gasteiger partial charge in [-0.05, 0) is 30.2 Å². The molecule has 0 saturated carbocycles. The highest BCUT2D eigenvalue weighted by molar-refractivity contribution is 5.80. The van der Waals surface area contributed by atoms with Gasteiger partial charge in [-0.15, -0.1) is 0 Å². The summed E-state index contributed by atoms with van der Waals surface area (Å²) in [5.74, 6) is -1.27. The second-order valence-corrected chi connectivity index (χ2v) is 3.05. The number of hydrogen-bond donors (Lipinski definition) is 1. The first-order valence-electron chi connectivity index (χ1n) is 4.43. The summed E-state index contributed by atoms with van der Waals surface area (Å²) in [7, 11) is 0. The Bertz CT molecular complexity index is 402. The lowest BCUT2D eigenvalue weighted by Crippen LogP contribution is -1.85. The topological polar surface area (TPSA) is 37.3 Å². The van der Waals surface area contributed by atoms with E-state index < -0.39 is 5.97 Å². The molecule has 2 nitrogen and oxygen atoms in total. The molecule has 1 aromatic carbocycles. The summed E-state index contributed by atoms with van der Waals surface area (Å²) in [5, 5.41) is 8.37. The van der Waals surface area contributed by atoms with Gasteiger partial charge in [-0.25, -0.2) is 9.18 Å². The quantitative estimate of drug-likeness (QED) is 0.610. The van der Waals surface area contributed by atoms with Gasteiger partial charge >= 0.3 is 5.97 Å². The lowest BCUT2D eigenvalue weighted by atomic mass is 10.1. The van der Waals surface area contributed by atoms with E-state index in [1.54, 1.807) is 18.2 Å². The number of halogens is 1. The van der Waals surface area contributed by atoms with Crippen molar-refractivity contribution >= 4 is 11.5 Å². The number of allylic oxidation sites excluding steroid dienone is 3. The summed E-state index contributed by atoms with van der Waals surface area (Å²) in [6.45, 7) is 1.83. The van der Waals surface area contributed by atoms with Crippen molar-refractivity contribution in [3.63, 3.8) is 0 Å². The van der Waals surface area contributed by atoms with Gasteiger partial charge in [0, 0.05) is 6.08 Å². The van der Waals surface area contributed by atoms with Crippen molar-refractivity contribution in [1.29, 1.82) is 0 Å². The molecule has 1 aromatic rings. The Kier molecular flexibility index (Phi) is 3.80. The van der Waals surface area contributed by atoms with Crippen LogP contribution in [0.15, 0.2) is 42.5 Å². The van der Waals surface area contributed by atoms with Crippen molar-refractivity contribution in [3.05, 3.63) is 53.9 Å². The van der Waals surface area contributed by atoms with Crippen LogP contribution in [-0.2, 0) is 4.79 Å². The molecular formula is C12H11FO2. The van der Waals surface area contributed by atoms with Gasteiger partial charge in [0.15, 0.2) is 0 Å². The summed E-state index contributed by atoms with van der Waals surface area (Å²) in [6.07, 6.45) is 4.16. The molecule has 0 saturated heterocycles. The summed E-state index contributed by atoms with van der Waals surface area (Å²) < 4.78 is 12.6. The van der Waals surface area contributed by atoms with E-state index in [1.165, 1.54) is 18.2 Å². The fourth-order valence-corrected chi connectivity index (χ4v) is 1.08. The Morgan fingerprint density at radius 1 is 1.33 bits per heavy atom. The van der Waals surface area contributed by atoms with Crippen molar-refractivity contribution < 1.29 is 14.3 Å². The number of benzene rings is 1. The van der Waals surface area contributed by atoms with E-state index in [9.17, 15) is 9.18 Å². The van der Waals surface area contributed by atoms with Gasteiger partial charge in [0.2, 0.25) is 0 Å². The monoisotopic (exact) mass is 206 g/mol. The number of rotatable bonds is 3. The average Bonchev–Trinajstić information content (AvgIpc) is 2.18. The second-order valence-electron chi connectivity index (χ2n) is 3.05. The van der Waals surface area contributed by atoms with Crippen LogP contribution in [0.25, 0.3) is 5.57 Å². The van der Waals surface area contributed by atoms with Crippen molar-refractivity contribution in [2.24, 2.45) is 0 Å². The lowest BCUT2D eigenvalue weighted by molar-refractivity contribution is -0.131. The van der Waals surface area contributed by atoms with Crippen LogP contribution in [0, 0.1) is 5.82 Å². The van der Waals surface area contributed by atoms with E-state index in [-0.39, 0.29) is 5.82 Å². The molecule has 1 N–H and O–H groups in total. The molecule has 0 radical (unpaired) electrons. The molecule has 0 fully saturated rings. The zero-order valence-electron chi connectivity index (χ0n) is 8.27. The summed E-state index contributed by atoms with van der Waals surface area (Å²) >= 11 is 0. The number of aliphatic carboxylic acids is 1. The smallest absolute Gasteiger partial charge is 0.328 e. The first-order valence-corrected chi connectivity index (χ1v) is 4.43. The molecule has 0 amide bonds. The average molecular weight is 206 g/mol. The molecule has 0 aromatic heterocycles. The fourth-order valence-electron chi connectivity index (χ4n) is 1.08. The van der Waals surface area contributed by atoms with Crippen LogP contribution in [0.2, 0.25) is 0 Å². The number of carbonyl (C=O) groups is 1. The van der Waals surface area contributed by atoms with Crippen LogP contribution in [0.4, 0.5) is 4.39 Å². The van der Waals surface area contributed by atoms with Crippen molar-refractivity contribution in [3.8, 4) is 0 Å². The SMILES string of the molecule is C/C(=C\C=C\C(=O)O)c1ccc(F)cc1. The molecule has 0 aliphatic rings. The molecule has 0 aliphatic carbocycles. The van der Waals surface area contributed by atoms with Gasteiger partial charge in [-0.3, -0.25) is 0 Å². The van der Waals surface area contributed by atoms with Crippen molar-refractivity contribution in [2.75, 3.05) is 0 Å². The standard InChI is InChI=1S/C12H11FO2/c1-9(3-2-4-12(14)15)10-5-7-11(13)8-6-10/h2-8H,1H3,(H,14,15)/b4-2+,9-3+. The molecule has 0 heterocycles. The molecule has 15 heavy (non-hydrogen) atoms. The third-order valence-electron chi connectivity index (χ3n) is 1.88. The van der Waals surface area contributed by atoms with Gasteiger partial charge in [-0.1, -0.05) is 24.3 Å². The first-order chi connectivity index (χ1) is 7.09. The predicted octanol–water partition coefficient (Wildman–Crippen LogP) is 2.87. The Hall–Kier alpha value is -1.90. The van der Waals surface area contributed by atoms with E-state index >= 15 is 0 Å². The third-order valence-corrected chi connectivity index (χ3v) is 1.88. The second kappa shape index (κ2) is 5.10. The molecule has 0 spiro atoms. The Morgan fingerprint density at radius 3 is 2.47 bits per heavy atom. The number of hydrogen-bond acceptors (Lipinski definition) is 1. The van der Waals surface area contributed by atoms with Crippen LogP contribution < -0.4 is 0 Å². The maximum atomic E-state index is 12.6. The zero-order chi connectivity index (χ0) is 11.3. The Balaban J connectivity index is 2.80. The largest absolute Gasteiger partial charge is 0.478 e. The van der Waals surface area contributed by atoms with Gasteiger partial charge < -0.3 is 5.11 Å². The molecule has 1 rings (SSSR count).